The topological polar surface area (TPSA) is 79.7 Å². The molecular weight excluding hydrogens is 401 g/mol. The summed E-state index contributed by atoms with van der Waals surface area (Å²) >= 11 is 0. The fraction of sp³-hybridized carbons (Fsp3) is 0.350. The maximum Gasteiger partial charge on any atom is 0.416 e. The second-order valence-corrected chi connectivity index (χ2v) is 7.10. The van der Waals surface area contributed by atoms with Gasteiger partial charge in [-0.15, -0.1) is 0 Å². The van der Waals surface area contributed by atoms with E-state index < -0.39 is 17.3 Å². The molecule has 0 saturated carbocycles. The number of rotatable bonds is 3. The number of carbonyl (C=O) groups is 1. The largest absolute Gasteiger partial charge is 0.416 e. The Kier molecular flexibility index (Phi) is 5.10. The zero-order chi connectivity index (χ0) is 21.5. The fourth-order valence-electron chi connectivity index (χ4n) is 3.47. The highest BCUT2D eigenvalue weighted by molar-refractivity contribution is 5.99. The van der Waals surface area contributed by atoms with Crippen LogP contribution in [0.3, 0.4) is 0 Å². The van der Waals surface area contributed by atoms with Crippen LogP contribution in [0.2, 0.25) is 0 Å². The Bertz CT molecular complexity index is 1140. The van der Waals surface area contributed by atoms with Gasteiger partial charge in [-0.05, 0) is 24.6 Å². The Morgan fingerprint density at radius 2 is 1.87 bits per heavy atom. The summed E-state index contributed by atoms with van der Waals surface area (Å²) in [6.45, 7) is 3.49. The van der Waals surface area contributed by atoms with E-state index in [0.717, 1.165) is 12.1 Å². The number of halogens is 3. The normalized spacial score (nSPS) is 15.0. The first kappa shape index (κ1) is 20.1. The third-order valence-electron chi connectivity index (χ3n) is 5.15. The number of fused-ring (bicyclic) bond motifs is 1. The van der Waals surface area contributed by atoms with Crippen LogP contribution in [0.1, 0.15) is 32.7 Å². The average Bonchev–Trinajstić information content (AvgIpc) is 3.14. The summed E-state index contributed by atoms with van der Waals surface area (Å²) in [4.78, 5) is 31.8. The lowest BCUT2D eigenvalue weighted by Crippen LogP contribution is -2.40. The number of aryl methyl sites for hydroxylation is 1. The van der Waals surface area contributed by atoms with Gasteiger partial charge in [0, 0.05) is 37.0 Å². The molecule has 1 aromatic carbocycles. The summed E-state index contributed by atoms with van der Waals surface area (Å²) in [6.07, 6.45) is -2.84. The van der Waals surface area contributed by atoms with E-state index in [0.29, 0.717) is 43.1 Å². The van der Waals surface area contributed by atoms with E-state index in [1.165, 1.54) is 22.8 Å². The van der Waals surface area contributed by atoms with Crippen molar-refractivity contribution in [1.82, 2.24) is 19.5 Å². The summed E-state index contributed by atoms with van der Waals surface area (Å²) in [6, 6.07) is 4.67. The van der Waals surface area contributed by atoms with E-state index in [1.54, 1.807) is 11.8 Å². The van der Waals surface area contributed by atoms with Gasteiger partial charge in [-0.2, -0.15) is 13.2 Å². The molecule has 30 heavy (non-hydrogen) atoms. The number of carbonyl (C=O) groups excluding carboxylic acids is 1. The monoisotopic (exact) mass is 420 g/mol. The Morgan fingerprint density at radius 3 is 2.50 bits per heavy atom. The molecule has 10 heteroatoms. The molecule has 1 saturated heterocycles. The van der Waals surface area contributed by atoms with Crippen LogP contribution in [0.4, 0.5) is 13.2 Å². The van der Waals surface area contributed by atoms with Crippen LogP contribution in [0.25, 0.3) is 5.65 Å². The van der Waals surface area contributed by atoms with Crippen molar-refractivity contribution in [2.45, 2.75) is 19.5 Å². The molecule has 3 aromatic rings. The first-order valence-corrected chi connectivity index (χ1v) is 9.38. The molecule has 1 aliphatic heterocycles. The van der Waals surface area contributed by atoms with Crippen molar-refractivity contribution in [1.29, 1.82) is 0 Å². The Hall–Kier alpha value is -3.14. The molecule has 0 aliphatic carbocycles. The van der Waals surface area contributed by atoms with Crippen molar-refractivity contribution in [2.24, 2.45) is 0 Å². The molecule has 0 spiro atoms. The number of ether oxygens (including phenoxy) is 1. The number of alkyl halides is 3. The lowest BCUT2D eigenvalue weighted by atomic mass is 10.0. The van der Waals surface area contributed by atoms with Gasteiger partial charge in [0.2, 0.25) is 0 Å². The van der Waals surface area contributed by atoms with Gasteiger partial charge in [0.25, 0.3) is 11.5 Å². The Balaban J connectivity index is 1.66. The highest BCUT2D eigenvalue weighted by Crippen LogP contribution is 2.29. The molecule has 158 valence electrons. The van der Waals surface area contributed by atoms with Crippen LogP contribution < -0.4 is 5.56 Å². The molecule has 1 fully saturated rings. The summed E-state index contributed by atoms with van der Waals surface area (Å²) in [5.41, 5.74) is 0.710. The van der Waals surface area contributed by atoms with Gasteiger partial charge >= 0.3 is 6.18 Å². The molecule has 0 bridgehead atoms. The number of aromatic nitrogens is 3. The van der Waals surface area contributed by atoms with Crippen LogP contribution in [-0.2, 0) is 17.3 Å². The van der Waals surface area contributed by atoms with Crippen LogP contribution in [0, 0.1) is 6.92 Å². The minimum atomic E-state index is -4.41. The second-order valence-electron chi connectivity index (χ2n) is 7.10. The molecule has 7 nitrogen and oxygen atoms in total. The number of hydrogen-bond acceptors (Lipinski definition) is 4. The van der Waals surface area contributed by atoms with E-state index in [4.69, 9.17) is 4.74 Å². The number of nitrogens with one attached hydrogen (secondary N) is 1. The summed E-state index contributed by atoms with van der Waals surface area (Å²) in [5, 5.41) is 2.77. The molecule has 4 rings (SSSR count). The molecule has 1 aliphatic rings. The van der Waals surface area contributed by atoms with Crippen molar-refractivity contribution in [3.05, 3.63) is 68.8 Å². The molecule has 1 amide bonds. The van der Waals surface area contributed by atoms with Gasteiger partial charge in [0.15, 0.2) is 5.65 Å². The maximum atomic E-state index is 13.0. The smallest absolute Gasteiger partial charge is 0.378 e. The van der Waals surface area contributed by atoms with Gasteiger partial charge < -0.3 is 9.64 Å². The zero-order valence-corrected chi connectivity index (χ0v) is 16.1. The quantitative estimate of drug-likeness (QED) is 0.706. The number of amides is 1. The number of H-pyrrole nitrogens is 1. The van der Waals surface area contributed by atoms with Gasteiger partial charge in [-0.3, -0.25) is 14.7 Å². The number of aromatic amines is 1. The minimum Gasteiger partial charge on any atom is -0.378 e. The minimum absolute atomic E-state index is 0.129. The zero-order valence-electron chi connectivity index (χ0n) is 16.1. The van der Waals surface area contributed by atoms with Gasteiger partial charge in [0.1, 0.15) is 5.56 Å². The van der Waals surface area contributed by atoms with Crippen LogP contribution in [0.15, 0.2) is 35.3 Å². The van der Waals surface area contributed by atoms with Crippen molar-refractivity contribution < 1.29 is 22.7 Å². The average molecular weight is 420 g/mol. The van der Waals surface area contributed by atoms with Crippen LogP contribution in [-0.4, -0.2) is 51.7 Å². The van der Waals surface area contributed by atoms with E-state index in [-0.39, 0.29) is 23.5 Å². The predicted octanol–water partition coefficient (Wildman–Crippen LogP) is 2.41. The van der Waals surface area contributed by atoms with E-state index >= 15 is 0 Å². The lowest BCUT2D eigenvalue weighted by Gasteiger charge is -2.26. The van der Waals surface area contributed by atoms with Crippen molar-refractivity contribution in [3.8, 4) is 0 Å². The summed E-state index contributed by atoms with van der Waals surface area (Å²) < 4.78 is 44.7. The SMILES string of the molecule is Cc1nc2c(C(=O)N3CCOCC3)c[nH]n2c(=O)c1Cc1ccc(C(F)(F)F)cc1. The lowest BCUT2D eigenvalue weighted by molar-refractivity contribution is -0.137. The number of hydrogen-bond donors (Lipinski definition) is 1. The molecule has 2 aromatic heterocycles. The van der Waals surface area contributed by atoms with Gasteiger partial charge in [0.05, 0.1) is 18.8 Å². The van der Waals surface area contributed by atoms with E-state index in [1.807, 2.05) is 0 Å². The molecule has 0 unspecified atom stereocenters. The molecule has 0 atom stereocenters. The highest BCUT2D eigenvalue weighted by Gasteiger charge is 2.30. The predicted molar refractivity (Wildman–Crippen MR) is 102 cm³/mol. The first-order chi connectivity index (χ1) is 14.3. The first-order valence-electron chi connectivity index (χ1n) is 9.38. The van der Waals surface area contributed by atoms with Gasteiger partial charge in [-0.1, -0.05) is 12.1 Å². The second kappa shape index (κ2) is 7.60. The Morgan fingerprint density at radius 1 is 1.20 bits per heavy atom. The third kappa shape index (κ3) is 3.70. The highest BCUT2D eigenvalue weighted by atomic mass is 19.4. The number of benzene rings is 1. The summed E-state index contributed by atoms with van der Waals surface area (Å²) in [5.74, 6) is -0.237. The van der Waals surface area contributed by atoms with Gasteiger partial charge in [-0.25, -0.2) is 9.50 Å². The molecule has 3 heterocycles. The standard InChI is InChI=1S/C20H19F3N4O3/c1-12-15(10-13-2-4-14(5-3-13)20(21,22)23)19(29)27-17(25-12)16(11-24-27)18(28)26-6-8-30-9-7-26/h2-5,11,24H,6-10H2,1H3. The van der Waals surface area contributed by atoms with E-state index in [9.17, 15) is 22.8 Å². The van der Waals surface area contributed by atoms with Crippen molar-refractivity contribution in [2.75, 3.05) is 26.3 Å². The van der Waals surface area contributed by atoms with E-state index in [2.05, 4.69) is 10.1 Å². The van der Waals surface area contributed by atoms with Crippen LogP contribution >= 0.6 is 0 Å². The molecule has 0 radical (unpaired) electrons. The molecule has 1 N–H and O–H groups in total. The van der Waals surface area contributed by atoms with Crippen molar-refractivity contribution >= 4 is 11.6 Å². The number of morpholine rings is 1. The molecular formula is C20H19F3N4O3. The maximum absolute atomic E-state index is 13.0. The third-order valence-corrected chi connectivity index (χ3v) is 5.15. The fourth-order valence-corrected chi connectivity index (χ4v) is 3.47. The number of nitrogens with zero attached hydrogens (tertiary/aromatic N) is 3. The van der Waals surface area contributed by atoms with Crippen molar-refractivity contribution in [3.63, 3.8) is 0 Å². The summed E-state index contributed by atoms with van der Waals surface area (Å²) in [7, 11) is 0. The Labute approximate surface area is 169 Å². The van der Waals surface area contributed by atoms with Crippen LogP contribution in [0.5, 0.6) is 0 Å².